The molecule has 0 aromatic carbocycles. The number of nitrogens with one attached hydrogen (secondary N) is 1. The molecule has 0 spiro atoms. The molecular weight excluding hydrogens is 208 g/mol. The molecule has 0 aliphatic heterocycles. The molecule has 4 nitrogen and oxygen atoms in total. The minimum atomic E-state index is 0.391. The van der Waals surface area contributed by atoms with Crippen LogP contribution in [0.4, 0.5) is 0 Å². The van der Waals surface area contributed by atoms with Crippen LogP contribution in [-0.2, 0) is 6.42 Å². The Morgan fingerprint density at radius 3 is 3.33 bits per heavy atom. The maximum absolute atomic E-state index is 5.53. The van der Waals surface area contributed by atoms with Crippen LogP contribution in [0.1, 0.15) is 12.6 Å². The molecule has 15 heavy (non-hydrogen) atoms. The summed E-state index contributed by atoms with van der Waals surface area (Å²) in [4.78, 5) is 5.31. The molecule has 0 fully saturated rings. The van der Waals surface area contributed by atoms with Crippen molar-refractivity contribution in [2.75, 3.05) is 13.1 Å². The van der Waals surface area contributed by atoms with Crippen LogP contribution < -0.4 is 11.1 Å². The zero-order chi connectivity index (χ0) is 10.7. The lowest BCUT2D eigenvalue weighted by Gasteiger charge is -2.10. The lowest BCUT2D eigenvalue weighted by atomic mass is 10.3. The molecule has 0 aliphatic rings. The molecule has 0 saturated heterocycles. The van der Waals surface area contributed by atoms with Crippen LogP contribution >= 0.6 is 11.3 Å². The minimum Gasteiger partial charge on any atom is -0.329 e. The van der Waals surface area contributed by atoms with Crippen LogP contribution in [0.5, 0.6) is 0 Å². The molecule has 0 aliphatic carbocycles. The highest BCUT2D eigenvalue weighted by atomic mass is 32.1. The largest absolute Gasteiger partial charge is 0.329 e. The first-order chi connectivity index (χ1) is 7.31. The molecule has 0 amide bonds. The number of aromatic nitrogens is 2. The third-order valence-corrected chi connectivity index (χ3v) is 3.35. The van der Waals surface area contributed by atoms with Crippen molar-refractivity contribution in [1.29, 1.82) is 0 Å². The van der Waals surface area contributed by atoms with Gasteiger partial charge < -0.3 is 11.1 Å². The van der Waals surface area contributed by atoms with E-state index in [2.05, 4.69) is 27.0 Å². The molecule has 82 valence electrons. The van der Waals surface area contributed by atoms with E-state index in [9.17, 15) is 0 Å². The third kappa shape index (κ3) is 2.37. The number of fused-ring (bicyclic) bond motifs is 1. The molecule has 0 unspecified atom stereocenters. The van der Waals surface area contributed by atoms with Crippen LogP contribution in [0, 0.1) is 0 Å². The fourth-order valence-corrected chi connectivity index (χ4v) is 2.37. The molecule has 2 heterocycles. The lowest BCUT2D eigenvalue weighted by molar-refractivity contribution is 0.556. The average molecular weight is 224 g/mol. The Morgan fingerprint density at radius 2 is 2.53 bits per heavy atom. The van der Waals surface area contributed by atoms with Crippen molar-refractivity contribution in [3.8, 4) is 0 Å². The fourth-order valence-electron chi connectivity index (χ4n) is 1.48. The van der Waals surface area contributed by atoms with Crippen molar-refractivity contribution in [3.05, 3.63) is 23.5 Å². The Labute approximate surface area is 93.1 Å². The van der Waals surface area contributed by atoms with E-state index < -0.39 is 0 Å². The van der Waals surface area contributed by atoms with Gasteiger partial charge in [-0.3, -0.25) is 4.40 Å². The first-order valence-electron chi connectivity index (χ1n) is 5.14. The predicted octanol–water partition coefficient (Wildman–Crippen LogP) is 0.875. The van der Waals surface area contributed by atoms with E-state index in [0.29, 0.717) is 12.6 Å². The van der Waals surface area contributed by atoms with Gasteiger partial charge in [0.2, 0.25) is 0 Å². The zero-order valence-electron chi connectivity index (χ0n) is 8.81. The quantitative estimate of drug-likeness (QED) is 0.792. The summed E-state index contributed by atoms with van der Waals surface area (Å²) in [7, 11) is 0. The van der Waals surface area contributed by atoms with Gasteiger partial charge in [0.25, 0.3) is 0 Å². The zero-order valence-corrected chi connectivity index (χ0v) is 9.63. The van der Waals surface area contributed by atoms with Crippen molar-refractivity contribution < 1.29 is 0 Å². The van der Waals surface area contributed by atoms with Gasteiger partial charge in [0.05, 0.1) is 0 Å². The van der Waals surface area contributed by atoms with E-state index in [0.717, 1.165) is 17.9 Å². The molecule has 1 atom stereocenters. The molecule has 2 aromatic rings. The van der Waals surface area contributed by atoms with E-state index >= 15 is 0 Å². The van der Waals surface area contributed by atoms with Crippen LogP contribution in [0.2, 0.25) is 0 Å². The summed E-state index contributed by atoms with van der Waals surface area (Å²) in [6, 6.07) is 0.391. The highest BCUT2D eigenvalue weighted by molar-refractivity contribution is 7.15. The van der Waals surface area contributed by atoms with Gasteiger partial charge in [-0.2, -0.15) is 0 Å². The van der Waals surface area contributed by atoms with E-state index in [-0.39, 0.29) is 0 Å². The summed E-state index contributed by atoms with van der Waals surface area (Å²) in [6.45, 7) is 3.74. The summed E-state index contributed by atoms with van der Waals surface area (Å²) >= 11 is 1.68. The van der Waals surface area contributed by atoms with Crippen molar-refractivity contribution in [1.82, 2.24) is 14.7 Å². The van der Waals surface area contributed by atoms with Crippen LogP contribution in [0.25, 0.3) is 4.96 Å². The van der Waals surface area contributed by atoms with Crippen LogP contribution in [-0.4, -0.2) is 28.5 Å². The summed E-state index contributed by atoms with van der Waals surface area (Å²) in [5, 5.41) is 5.54. The van der Waals surface area contributed by atoms with E-state index in [1.54, 1.807) is 11.3 Å². The number of rotatable bonds is 5. The Kier molecular flexibility index (Phi) is 3.35. The predicted molar refractivity (Wildman–Crippen MR) is 63.3 cm³/mol. The average Bonchev–Trinajstić information content (AvgIpc) is 2.81. The topological polar surface area (TPSA) is 55.3 Å². The first-order valence-corrected chi connectivity index (χ1v) is 6.02. The summed E-state index contributed by atoms with van der Waals surface area (Å²) in [5.41, 5.74) is 6.84. The Morgan fingerprint density at radius 1 is 1.67 bits per heavy atom. The maximum Gasteiger partial charge on any atom is 0.193 e. The van der Waals surface area contributed by atoms with Crippen molar-refractivity contribution in [2.45, 2.75) is 19.4 Å². The second-order valence-corrected chi connectivity index (χ2v) is 4.48. The standard InChI is InChI=1S/C10H16N4S/c1-8(6-11)12-3-2-9-7-15-10-13-4-5-14(9)10/h4-5,7-8,12H,2-3,6,11H2,1H3/t8-/m0/s1. The highest BCUT2D eigenvalue weighted by Crippen LogP contribution is 2.14. The number of hydrogen-bond donors (Lipinski definition) is 2. The maximum atomic E-state index is 5.53. The smallest absolute Gasteiger partial charge is 0.193 e. The van der Waals surface area contributed by atoms with Gasteiger partial charge in [-0.1, -0.05) is 0 Å². The number of imidazole rings is 1. The van der Waals surface area contributed by atoms with Crippen molar-refractivity contribution in [3.63, 3.8) is 0 Å². The molecule has 0 saturated carbocycles. The molecule has 2 aromatic heterocycles. The second-order valence-electron chi connectivity index (χ2n) is 3.65. The van der Waals surface area contributed by atoms with Gasteiger partial charge in [0.15, 0.2) is 4.96 Å². The summed E-state index contributed by atoms with van der Waals surface area (Å²) in [6.07, 6.45) is 4.86. The van der Waals surface area contributed by atoms with Crippen molar-refractivity contribution >= 4 is 16.3 Å². The van der Waals surface area contributed by atoms with Gasteiger partial charge in [-0.15, -0.1) is 11.3 Å². The minimum absolute atomic E-state index is 0.391. The normalized spacial score (nSPS) is 13.5. The molecule has 0 bridgehead atoms. The molecule has 3 N–H and O–H groups in total. The summed E-state index contributed by atoms with van der Waals surface area (Å²) < 4.78 is 2.14. The fraction of sp³-hybridized carbons (Fsp3) is 0.500. The van der Waals surface area contributed by atoms with Gasteiger partial charge in [-0.25, -0.2) is 4.98 Å². The molecule has 0 radical (unpaired) electrons. The number of nitrogens with zero attached hydrogens (tertiary/aromatic N) is 2. The molecule has 2 rings (SSSR count). The second kappa shape index (κ2) is 4.74. The Bertz CT molecular complexity index is 420. The lowest BCUT2D eigenvalue weighted by Crippen LogP contribution is -2.34. The number of thiazole rings is 1. The van der Waals surface area contributed by atoms with E-state index in [1.165, 1.54) is 5.69 Å². The van der Waals surface area contributed by atoms with Gasteiger partial charge in [0, 0.05) is 49.0 Å². The number of nitrogens with two attached hydrogens (primary N) is 1. The third-order valence-electron chi connectivity index (χ3n) is 2.44. The van der Waals surface area contributed by atoms with E-state index in [4.69, 9.17) is 5.73 Å². The molecule has 5 heteroatoms. The molecular formula is C10H16N4S. The van der Waals surface area contributed by atoms with Crippen LogP contribution in [0.15, 0.2) is 17.8 Å². The SMILES string of the molecule is C[C@@H](CN)NCCc1csc2nccn12. The van der Waals surface area contributed by atoms with Gasteiger partial charge in [0.1, 0.15) is 0 Å². The Balaban J connectivity index is 1.92. The highest BCUT2D eigenvalue weighted by Gasteiger charge is 2.04. The van der Waals surface area contributed by atoms with E-state index in [1.807, 2.05) is 12.4 Å². The first kappa shape index (κ1) is 10.6. The monoisotopic (exact) mass is 224 g/mol. The summed E-state index contributed by atoms with van der Waals surface area (Å²) in [5.74, 6) is 0. The van der Waals surface area contributed by atoms with Gasteiger partial charge in [-0.05, 0) is 6.92 Å². The van der Waals surface area contributed by atoms with Crippen molar-refractivity contribution in [2.24, 2.45) is 5.73 Å². The Hall–Kier alpha value is -0.910. The van der Waals surface area contributed by atoms with Crippen LogP contribution in [0.3, 0.4) is 0 Å². The number of hydrogen-bond acceptors (Lipinski definition) is 4. The van der Waals surface area contributed by atoms with Gasteiger partial charge >= 0.3 is 0 Å².